The molecule has 24 heavy (non-hydrogen) atoms. The van der Waals surface area contributed by atoms with Gasteiger partial charge in [0.25, 0.3) is 5.56 Å². The zero-order chi connectivity index (χ0) is 18.1. The number of hydrogen-bond donors (Lipinski definition) is 2. The van der Waals surface area contributed by atoms with Gasteiger partial charge in [-0.2, -0.15) is 23.7 Å². The van der Waals surface area contributed by atoms with E-state index in [9.17, 15) is 23.2 Å². The summed E-state index contributed by atoms with van der Waals surface area (Å²) in [6, 6.07) is 6.16. The summed E-state index contributed by atoms with van der Waals surface area (Å²) in [6.07, 6.45) is -4.65. The van der Waals surface area contributed by atoms with E-state index in [0.717, 1.165) is 25.3 Å². The Morgan fingerprint density at radius 2 is 1.83 bits per heavy atom. The Kier molecular flexibility index (Phi) is 4.20. The zero-order valence-corrected chi connectivity index (χ0v) is 12.2. The Morgan fingerprint density at radius 1 is 1.21 bits per heavy atom. The highest BCUT2D eigenvalue weighted by atomic mass is 19.4. The van der Waals surface area contributed by atoms with Gasteiger partial charge in [0, 0.05) is 5.56 Å². The number of anilines is 1. The number of nitrogen functional groups attached to an aromatic ring is 1. The Bertz CT molecular complexity index is 949. The first-order chi connectivity index (χ1) is 11.2. The van der Waals surface area contributed by atoms with Crippen LogP contribution >= 0.6 is 0 Å². The number of methoxy groups -OCH3 is 1. The average Bonchev–Trinajstić information content (AvgIpc) is 2.52. The van der Waals surface area contributed by atoms with Crippen molar-refractivity contribution in [3.05, 3.63) is 45.2 Å². The summed E-state index contributed by atoms with van der Waals surface area (Å²) in [5, 5.41) is 18.4. The summed E-state index contributed by atoms with van der Waals surface area (Å²) < 4.78 is 43.5. The molecule has 0 aliphatic carbocycles. The van der Waals surface area contributed by atoms with E-state index in [-0.39, 0.29) is 22.5 Å². The molecule has 1 aromatic carbocycles. The average molecular weight is 334 g/mol. The molecule has 3 N–H and O–H groups in total. The van der Waals surface area contributed by atoms with E-state index in [1.807, 2.05) is 0 Å². The first-order valence-corrected chi connectivity index (χ1v) is 6.36. The van der Waals surface area contributed by atoms with E-state index >= 15 is 0 Å². The first kappa shape index (κ1) is 16.9. The SMILES string of the molecule is COc1cc(-c2c(C#N)c(N)[nH]c(=O)c2C#N)ccc1C(F)(F)F. The van der Waals surface area contributed by atoms with Crippen molar-refractivity contribution in [3.63, 3.8) is 0 Å². The smallest absolute Gasteiger partial charge is 0.419 e. The molecule has 0 aliphatic rings. The monoisotopic (exact) mass is 334 g/mol. The number of aromatic amines is 1. The maximum Gasteiger partial charge on any atom is 0.419 e. The number of alkyl halides is 3. The van der Waals surface area contributed by atoms with Crippen LogP contribution in [-0.4, -0.2) is 12.1 Å². The van der Waals surface area contributed by atoms with E-state index in [4.69, 9.17) is 15.7 Å². The van der Waals surface area contributed by atoms with Crippen LogP contribution in [-0.2, 0) is 6.18 Å². The number of nitrogens with one attached hydrogen (secondary N) is 1. The van der Waals surface area contributed by atoms with Crippen molar-refractivity contribution in [1.82, 2.24) is 4.98 Å². The van der Waals surface area contributed by atoms with Crippen LogP contribution in [0.5, 0.6) is 5.75 Å². The zero-order valence-electron chi connectivity index (χ0n) is 12.2. The molecule has 9 heteroatoms. The maximum absolute atomic E-state index is 12.9. The maximum atomic E-state index is 12.9. The summed E-state index contributed by atoms with van der Waals surface area (Å²) in [5.41, 5.74) is 2.94. The molecule has 1 aromatic heterocycles. The van der Waals surface area contributed by atoms with Gasteiger partial charge in [0.2, 0.25) is 0 Å². The van der Waals surface area contributed by atoms with Gasteiger partial charge in [-0.15, -0.1) is 0 Å². The van der Waals surface area contributed by atoms with Crippen LogP contribution < -0.4 is 16.0 Å². The first-order valence-electron chi connectivity index (χ1n) is 6.36. The lowest BCUT2D eigenvalue weighted by atomic mass is 9.95. The molecule has 2 rings (SSSR count). The molecule has 0 fully saturated rings. The second kappa shape index (κ2) is 5.97. The Hall–Kier alpha value is -3.46. The number of hydrogen-bond acceptors (Lipinski definition) is 5. The van der Waals surface area contributed by atoms with Gasteiger partial charge in [0.15, 0.2) is 0 Å². The molecule has 0 amide bonds. The highest BCUT2D eigenvalue weighted by Gasteiger charge is 2.34. The number of aromatic nitrogens is 1. The van der Waals surface area contributed by atoms with E-state index in [1.54, 1.807) is 12.1 Å². The van der Waals surface area contributed by atoms with Crippen LogP contribution in [0.3, 0.4) is 0 Å². The van der Waals surface area contributed by atoms with Crippen LogP contribution in [0.25, 0.3) is 11.1 Å². The predicted octanol–water partition coefficient (Wildman–Crippen LogP) is 2.39. The third-order valence-electron chi connectivity index (χ3n) is 3.26. The molecule has 1 heterocycles. The normalized spacial score (nSPS) is 10.8. The van der Waals surface area contributed by atoms with Gasteiger partial charge in [0.05, 0.1) is 12.7 Å². The third kappa shape index (κ3) is 2.75. The number of pyridine rings is 1. The van der Waals surface area contributed by atoms with Crippen LogP contribution in [0.15, 0.2) is 23.0 Å². The number of rotatable bonds is 2. The van der Waals surface area contributed by atoms with E-state index < -0.39 is 28.6 Å². The Labute approximate surface area is 133 Å². The number of halogens is 3. The van der Waals surface area contributed by atoms with Crippen LogP contribution in [0.2, 0.25) is 0 Å². The van der Waals surface area contributed by atoms with Gasteiger partial charge in [-0.25, -0.2) is 0 Å². The second-order valence-corrected chi connectivity index (χ2v) is 4.63. The lowest BCUT2D eigenvalue weighted by Gasteiger charge is -2.14. The second-order valence-electron chi connectivity index (χ2n) is 4.63. The number of ether oxygens (including phenoxy) is 1. The van der Waals surface area contributed by atoms with E-state index in [0.29, 0.717) is 0 Å². The Balaban J connectivity index is 2.86. The predicted molar refractivity (Wildman–Crippen MR) is 77.9 cm³/mol. The third-order valence-corrected chi connectivity index (χ3v) is 3.26. The van der Waals surface area contributed by atoms with Crippen LogP contribution in [0.4, 0.5) is 19.0 Å². The fourth-order valence-corrected chi connectivity index (χ4v) is 2.21. The highest BCUT2D eigenvalue weighted by molar-refractivity contribution is 5.81. The molecule has 0 radical (unpaired) electrons. The van der Waals surface area contributed by atoms with Crippen LogP contribution in [0, 0.1) is 22.7 Å². The molecular formula is C15H9F3N4O2. The quantitative estimate of drug-likeness (QED) is 0.875. The van der Waals surface area contributed by atoms with Crippen molar-refractivity contribution in [3.8, 4) is 29.0 Å². The van der Waals surface area contributed by atoms with Crippen LogP contribution in [0.1, 0.15) is 16.7 Å². The van der Waals surface area contributed by atoms with Crippen molar-refractivity contribution in [2.24, 2.45) is 0 Å². The van der Waals surface area contributed by atoms with Crippen molar-refractivity contribution < 1.29 is 17.9 Å². The van der Waals surface area contributed by atoms with Crippen molar-refractivity contribution in [2.45, 2.75) is 6.18 Å². The molecule has 0 aliphatic heterocycles. The number of H-pyrrole nitrogens is 1. The molecule has 0 saturated carbocycles. The molecule has 0 saturated heterocycles. The Morgan fingerprint density at radius 3 is 2.33 bits per heavy atom. The molecule has 0 atom stereocenters. The van der Waals surface area contributed by atoms with Crippen molar-refractivity contribution in [1.29, 1.82) is 10.5 Å². The lowest BCUT2D eigenvalue weighted by molar-refractivity contribution is -0.138. The molecule has 122 valence electrons. The molecule has 0 unspecified atom stereocenters. The summed E-state index contributed by atoms with van der Waals surface area (Å²) in [7, 11) is 1.05. The number of nitriles is 2. The van der Waals surface area contributed by atoms with Gasteiger partial charge in [0.1, 0.15) is 34.8 Å². The molecular weight excluding hydrogens is 325 g/mol. The van der Waals surface area contributed by atoms with Gasteiger partial charge in [-0.05, 0) is 17.7 Å². The lowest BCUT2D eigenvalue weighted by Crippen LogP contribution is -2.16. The number of nitrogens with zero attached hydrogens (tertiary/aromatic N) is 2. The summed E-state index contributed by atoms with van der Waals surface area (Å²) >= 11 is 0. The van der Waals surface area contributed by atoms with Gasteiger partial charge in [-0.3, -0.25) is 4.79 Å². The minimum Gasteiger partial charge on any atom is -0.496 e. The molecule has 6 nitrogen and oxygen atoms in total. The minimum absolute atomic E-state index is 0.0331. The molecule has 0 spiro atoms. The minimum atomic E-state index is -4.65. The van der Waals surface area contributed by atoms with Gasteiger partial charge >= 0.3 is 6.18 Å². The fourth-order valence-electron chi connectivity index (χ4n) is 2.21. The standard InChI is InChI=1S/C15H9F3N4O2/c1-24-11-4-7(2-3-10(11)15(16,17)18)12-8(5-19)13(21)22-14(23)9(12)6-20/h2-4H,1H3,(H3,21,22,23). The summed E-state index contributed by atoms with van der Waals surface area (Å²) in [4.78, 5) is 14.0. The summed E-state index contributed by atoms with van der Waals surface area (Å²) in [6.45, 7) is 0. The number of benzene rings is 1. The van der Waals surface area contributed by atoms with Crippen molar-refractivity contribution in [2.75, 3.05) is 12.8 Å². The largest absolute Gasteiger partial charge is 0.496 e. The fraction of sp³-hybridized carbons (Fsp3) is 0.133. The van der Waals surface area contributed by atoms with Gasteiger partial charge < -0.3 is 15.5 Å². The summed E-state index contributed by atoms with van der Waals surface area (Å²) in [5.74, 6) is -0.790. The van der Waals surface area contributed by atoms with E-state index in [2.05, 4.69) is 4.98 Å². The topological polar surface area (TPSA) is 116 Å². The van der Waals surface area contributed by atoms with Crippen molar-refractivity contribution >= 4 is 5.82 Å². The molecule has 2 aromatic rings. The molecule has 0 bridgehead atoms. The highest BCUT2D eigenvalue weighted by Crippen LogP contribution is 2.39. The van der Waals surface area contributed by atoms with Gasteiger partial charge in [-0.1, -0.05) is 6.07 Å². The van der Waals surface area contributed by atoms with E-state index in [1.165, 1.54) is 0 Å². The number of nitrogens with two attached hydrogens (primary N) is 1.